The Morgan fingerprint density at radius 3 is 1.07 bits per heavy atom. The standard InChI is InChI=1S/C7H18BrF2N3P.BrH/c1-11(2)14(12(3)4,13(5)6)7(8,9)10;/h1-6H3;1H/q+1;/p-1. The number of alkyl halides is 3. The van der Waals surface area contributed by atoms with Crippen LogP contribution in [0.5, 0.6) is 0 Å². The minimum Gasteiger partial charge on any atom is -1.00 e. The third-order valence-electron chi connectivity index (χ3n) is 2.01. The van der Waals surface area contributed by atoms with Gasteiger partial charge in [0.15, 0.2) is 0 Å². The molecule has 94 valence electrons. The molecule has 8 heteroatoms. The van der Waals surface area contributed by atoms with Gasteiger partial charge in [-0.15, -0.1) is 14.0 Å². The summed E-state index contributed by atoms with van der Waals surface area (Å²) < 4.78 is 29.1. The van der Waals surface area contributed by atoms with Crippen LogP contribution in [0.3, 0.4) is 0 Å². The summed E-state index contributed by atoms with van der Waals surface area (Å²) in [4.78, 5) is 0. The van der Waals surface area contributed by atoms with Gasteiger partial charge in [0.1, 0.15) is 0 Å². The van der Waals surface area contributed by atoms with Crippen molar-refractivity contribution in [2.75, 3.05) is 42.3 Å². The quantitative estimate of drug-likeness (QED) is 0.481. The first-order valence-corrected chi connectivity index (χ1v) is 6.51. The first-order chi connectivity index (χ1) is 6.08. The van der Waals surface area contributed by atoms with Gasteiger partial charge in [-0.3, -0.25) is 0 Å². The Balaban J connectivity index is 0. The molecule has 0 spiro atoms. The lowest BCUT2D eigenvalue weighted by atomic mass is 11.2. The second kappa shape index (κ2) is 6.17. The lowest BCUT2D eigenvalue weighted by Gasteiger charge is -2.41. The van der Waals surface area contributed by atoms with Gasteiger partial charge in [0.2, 0.25) is 0 Å². The van der Waals surface area contributed by atoms with Crippen LogP contribution in [0.15, 0.2) is 0 Å². The van der Waals surface area contributed by atoms with Crippen LogP contribution < -0.4 is 17.0 Å². The molecule has 0 bridgehead atoms. The van der Waals surface area contributed by atoms with E-state index in [2.05, 4.69) is 15.9 Å². The Morgan fingerprint density at radius 2 is 1.07 bits per heavy atom. The highest BCUT2D eigenvalue weighted by molar-refractivity contribution is 9.11. The number of nitrogens with zero attached hydrogens (tertiary/aromatic N) is 3. The van der Waals surface area contributed by atoms with E-state index in [0.29, 0.717) is 0 Å². The van der Waals surface area contributed by atoms with Crippen molar-refractivity contribution in [2.45, 2.75) is 4.57 Å². The summed E-state index contributed by atoms with van der Waals surface area (Å²) >= 11 is 2.50. The molecule has 0 saturated heterocycles. The van der Waals surface area contributed by atoms with E-state index in [1.807, 2.05) is 0 Å². The molecule has 0 aliphatic rings. The van der Waals surface area contributed by atoms with Crippen molar-refractivity contribution in [3.8, 4) is 0 Å². The molecule has 0 aliphatic heterocycles. The van der Waals surface area contributed by atoms with Gasteiger partial charge in [-0.1, -0.05) is 0 Å². The van der Waals surface area contributed by atoms with Gasteiger partial charge < -0.3 is 17.0 Å². The average Bonchev–Trinajstić information content (AvgIpc) is 1.79. The fourth-order valence-electron chi connectivity index (χ4n) is 1.75. The molecule has 0 aromatic carbocycles. The van der Waals surface area contributed by atoms with E-state index in [0.717, 1.165) is 0 Å². The highest BCUT2D eigenvalue weighted by Crippen LogP contribution is 2.76. The average molecular weight is 373 g/mol. The van der Waals surface area contributed by atoms with Gasteiger partial charge in [-0.25, -0.2) is 0 Å². The molecule has 0 radical (unpaired) electrons. The zero-order valence-electron chi connectivity index (χ0n) is 9.80. The van der Waals surface area contributed by atoms with Crippen molar-refractivity contribution >= 4 is 23.6 Å². The molecule has 0 N–H and O–H groups in total. The normalized spacial score (nSPS) is 13.6. The van der Waals surface area contributed by atoms with Crippen LogP contribution in [-0.2, 0) is 0 Å². The Kier molecular flexibility index (Phi) is 7.60. The predicted molar refractivity (Wildman–Crippen MR) is 61.9 cm³/mol. The van der Waals surface area contributed by atoms with E-state index in [1.54, 1.807) is 56.3 Å². The molecular weight excluding hydrogens is 355 g/mol. The number of rotatable bonds is 4. The van der Waals surface area contributed by atoms with Gasteiger partial charge >= 0.3 is 12.3 Å². The maximum atomic E-state index is 13.6. The molecule has 0 atom stereocenters. The SMILES string of the molecule is CN(C)[P+](N(C)C)(N(C)C)C(F)(F)Br.[Br-]. The molecule has 0 unspecified atom stereocenters. The first kappa shape index (κ1) is 18.5. The third kappa shape index (κ3) is 3.30. The van der Waals surface area contributed by atoms with Crippen LogP contribution in [0, 0.1) is 0 Å². The summed E-state index contributed by atoms with van der Waals surface area (Å²) in [5.41, 5.74) is 0. The molecule has 0 saturated carbocycles. The molecule has 0 rings (SSSR count). The van der Waals surface area contributed by atoms with Crippen LogP contribution in [0.25, 0.3) is 0 Å². The fourth-order valence-corrected chi connectivity index (χ4v) is 8.12. The molecular formula is C7H18Br2F2N3P. The Morgan fingerprint density at radius 1 is 0.867 bits per heavy atom. The van der Waals surface area contributed by atoms with Gasteiger partial charge in [-0.2, -0.15) is 8.78 Å². The number of hydrogen-bond acceptors (Lipinski definition) is 3. The van der Waals surface area contributed by atoms with Gasteiger partial charge in [0, 0.05) is 58.2 Å². The zero-order valence-corrected chi connectivity index (χ0v) is 13.9. The Bertz CT molecular complexity index is 175. The summed E-state index contributed by atoms with van der Waals surface area (Å²) in [5.74, 6) is 0. The van der Waals surface area contributed by atoms with Crippen LogP contribution in [0.2, 0.25) is 0 Å². The summed E-state index contributed by atoms with van der Waals surface area (Å²) in [7, 11) is 7.21. The van der Waals surface area contributed by atoms with E-state index in [4.69, 9.17) is 0 Å². The summed E-state index contributed by atoms with van der Waals surface area (Å²) in [6, 6.07) is 0. The molecule has 0 heterocycles. The van der Waals surface area contributed by atoms with Crippen LogP contribution >= 0.6 is 23.6 Å². The van der Waals surface area contributed by atoms with E-state index < -0.39 is 12.3 Å². The second-order valence-electron chi connectivity index (χ2n) is 3.58. The zero-order chi connectivity index (χ0) is 11.7. The molecule has 0 aromatic rings. The Labute approximate surface area is 110 Å². The molecule has 0 aromatic heterocycles. The van der Waals surface area contributed by atoms with Gasteiger partial charge in [-0.05, 0) is 0 Å². The summed E-state index contributed by atoms with van der Waals surface area (Å²) in [6.45, 7) is 0. The highest BCUT2D eigenvalue weighted by Gasteiger charge is 2.67. The smallest absolute Gasteiger partial charge is 0.457 e. The van der Waals surface area contributed by atoms with E-state index >= 15 is 0 Å². The van der Waals surface area contributed by atoms with Crippen LogP contribution in [0.1, 0.15) is 0 Å². The number of halogens is 4. The van der Waals surface area contributed by atoms with Gasteiger partial charge in [0.25, 0.3) is 0 Å². The molecule has 0 amide bonds. The van der Waals surface area contributed by atoms with Crippen LogP contribution in [0.4, 0.5) is 8.78 Å². The van der Waals surface area contributed by atoms with Crippen molar-refractivity contribution in [3.05, 3.63) is 0 Å². The first-order valence-electron chi connectivity index (χ1n) is 4.07. The highest BCUT2D eigenvalue weighted by atomic mass is 79.9. The Hall–Kier alpha value is 1.13. The predicted octanol–water partition coefficient (Wildman–Crippen LogP) is -0.617. The maximum Gasteiger partial charge on any atom is 0.457 e. The van der Waals surface area contributed by atoms with Crippen molar-refractivity contribution in [1.82, 2.24) is 14.0 Å². The minimum absolute atomic E-state index is 0. The van der Waals surface area contributed by atoms with Crippen LogP contribution in [-0.4, -0.2) is 60.9 Å². The maximum absolute atomic E-state index is 13.6. The number of hydrogen-bond donors (Lipinski definition) is 0. The minimum atomic E-state index is -2.92. The molecule has 0 fully saturated rings. The lowest BCUT2D eigenvalue weighted by Crippen LogP contribution is -3.00. The second-order valence-corrected chi connectivity index (χ2v) is 9.28. The fraction of sp³-hybridized carbons (Fsp3) is 1.00. The van der Waals surface area contributed by atoms with E-state index in [9.17, 15) is 8.78 Å². The van der Waals surface area contributed by atoms with E-state index in [1.165, 1.54) is 0 Å². The topological polar surface area (TPSA) is 9.72 Å². The van der Waals surface area contributed by atoms with Crippen molar-refractivity contribution < 1.29 is 25.8 Å². The molecule has 0 aliphatic carbocycles. The molecule has 3 nitrogen and oxygen atoms in total. The summed E-state index contributed by atoms with van der Waals surface area (Å²) in [6.07, 6.45) is 0. The lowest BCUT2D eigenvalue weighted by molar-refractivity contribution is -0.00000594. The summed E-state index contributed by atoms with van der Waals surface area (Å²) in [5, 5.41) is 0. The third-order valence-corrected chi connectivity index (χ3v) is 7.47. The monoisotopic (exact) mass is 371 g/mol. The van der Waals surface area contributed by atoms with Gasteiger partial charge in [0.05, 0.1) is 0 Å². The molecule has 15 heavy (non-hydrogen) atoms. The van der Waals surface area contributed by atoms with Crippen molar-refractivity contribution in [1.29, 1.82) is 0 Å². The van der Waals surface area contributed by atoms with Crippen molar-refractivity contribution in [3.63, 3.8) is 0 Å². The van der Waals surface area contributed by atoms with E-state index in [-0.39, 0.29) is 17.0 Å². The largest absolute Gasteiger partial charge is 1.00 e. The van der Waals surface area contributed by atoms with Crippen molar-refractivity contribution in [2.24, 2.45) is 0 Å².